The average Bonchev–Trinajstić information content (AvgIpc) is 3.44. The Balaban J connectivity index is 1.39. The van der Waals surface area contributed by atoms with E-state index in [4.69, 9.17) is 28.7 Å². The predicted molar refractivity (Wildman–Crippen MR) is 189 cm³/mol. The Morgan fingerprint density at radius 3 is 2.48 bits per heavy atom. The highest BCUT2D eigenvalue weighted by Crippen LogP contribution is 2.38. The van der Waals surface area contributed by atoms with E-state index in [0.717, 1.165) is 0 Å². The van der Waals surface area contributed by atoms with Crippen molar-refractivity contribution >= 4 is 34.9 Å². The second-order valence-electron chi connectivity index (χ2n) is 11.4. The van der Waals surface area contributed by atoms with Crippen molar-refractivity contribution in [3.05, 3.63) is 109 Å². The number of rotatable bonds is 11. The highest BCUT2D eigenvalue weighted by molar-refractivity contribution is 7.07. The molecule has 0 radical (unpaired) electrons. The first-order valence-electron chi connectivity index (χ1n) is 16.2. The van der Waals surface area contributed by atoms with Gasteiger partial charge in [0.1, 0.15) is 17.5 Å². The molecule has 0 bridgehead atoms. The van der Waals surface area contributed by atoms with Crippen LogP contribution < -0.4 is 39.2 Å². The SMILES string of the molecule is CCOc1cc(/C=c2/sc3n(c2=O)[C@H](c2ccc(OC)cc2OC)C(C(=O)Nc2ccccc2)=C(C)N=3)ccc1OCC(=O)N1CCOCC1. The number of benzene rings is 3. The largest absolute Gasteiger partial charge is 0.497 e. The maximum absolute atomic E-state index is 14.3. The normalized spacial score (nSPS) is 16.0. The number of fused-ring (bicyclic) bond motifs is 1. The van der Waals surface area contributed by atoms with Crippen molar-refractivity contribution in [1.82, 2.24) is 9.47 Å². The van der Waals surface area contributed by atoms with Gasteiger partial charge in [-0.1, -0.05) is 35.6 Å². The molecule has 3 aromatic carbocycles. The number of nitrogens with one attached hydrogen (secondary N) is 1. The number of hydrogen-bond acceptors (Lipinski definition) is 10. The standard InChI is InChI=1S/C37H38N4O8S/c1-5-48-30-19-24(11-14-28(30)49-22-32(42)40-15-17-47-18-16-40)20-31-36(44)41-34(27-13-12-26(45-3)21-29(27)46-4)33(23(2)38-37(41)50-31)35(43)39-25-9-7-6-8-10-25/h6-14,19-21,34H,5,15-18,22H2,1-4H3,(H,39,43)/b31-20+/t34-/m1/s1. The van der Waals surface area contributed by atoms with Gasteiger partial charge in [0.25, 0.3) is 17.4 Å². The van der Waals surface area contributed by atoms with Crippen molar-refractivity contribution in [2.75, 3.05) is 59.1 Å². The van der Waals surface area contributed by atoms with Crippen LogP contribution in [-0.2, 0) is 14.3 Å². The summed E-state index contributed by atoms with van der Waals surface area (Å²) in [5.74, 6) is 1.36. The molecule has 1 atom stereocenters. The van der Waals surface area contributed by atoms with Gasteiger partial charge in [0, 0.05) is 30.4 Å². The van der Waals surface area contributed by atoms with Crippen LogP contribution in [0.25, 0.3) is 6.08 Å². The summed E-state index contributed by atoms with van der Waals surface area (Å²) in [5, 5.41) is 2.96. The predicted octanol–water partition coefficient (Wildman–Crippen LogP) is 3.53. The topological polar surface area (TPSA) is 130 Å². The second-order valence-corrected chi connectivity index (χ2v) is 12.4. The summed E-state index contributed by atoms with van der Waals surface area (Å²) in [6, 6.07) is 18.8. The zero-order chi connectivity index (χ0) is 35.2. The lowest BCUT2D eigenvalue weighted by atomic mass is 9.94. The van der Waals surface area contributed by atoms with Gasteiger partial charge in [-0.05, 0) is 61.9 Å². The number of nitrogens with zero attached hydrogens (tertiary/aromatic N) is 3. The lowest BCUT2D eigenvalue weighted by molar-refractivity contribution is -0.137. The first-order valence-corrected chi connectivity index (χ1v) is 17.0. The highest BCUT2D eigenvalue weighted by Gasteiger charge is 2.34. The fourth-order valence-corrected chi connectivity index (χ4v) is 6.91. The second kappa shape index (κ2) is 15.4. The number of amides is 2. The zero-order valence-corrected chi connectivity index (χ0v) is 29.1. The maximum Gasteiger partial charge on any atom is 0.271 e. The molecule has 2 aliphatic heterocycles. The minimum atomic E-state index is -0.850. The fraction of sp³-hybridized carbons (Fsp3) is 0.297. The highest BCUT2D eigenvalue weighted by atomic mass is 32.1. The number of para-hydroxylation sites is 1. The quantitative estimate of drug-likeness (QED) is 0.252. The first kappa shape index (κ1) is 34.5. The molecule has 0 saturated carbocycles. The van der Waals surface area contributed by atoms with E-state index in [2.05, 4.69) is 5.32 Å². The number of anilines is 1. The monoisotopic (exact) mass is 698 g/mol. The molecule has 13 heteroatoms. The van der Waals surface area contributed by atoms with Crippen molar-refractivity contribution in [2.45, 2.75) is 19.9 Å². The van der Waals surface area contributed by atoms with E-state index in [1.807, 2.05) is 25.1 Å². The van der Waals surface area contributed by atoms with E-state index in [1.165, 1.54) is 23.0 Å². The molecule has 50 heavy (non-hydrogen) atoms. The molecule has 260 valence electrons. The molecule has 2 aliphatic rings. The summed E-state index contributed by atoms with van der Waals surface area (Å²) < 4.78 is 30.2. The van der Waals surface area contributed by atoms with Gasteiger partial charge < -0.3 is 33.9 Å². The molecule has 6 rings (SSSR count). The lowest BCUT2D eigenvalue weighted by Gasteiger charge is -2.26. The van der Waals surface area contributed by atoms with Crippen LogP contribution in [0.15, 0.2) is 87.8 Å². The molecule has 1 aromatic heterocycles. The molecular formula is C37H38N4O8S. The molecule has 0 spiro atoms. The van der Waals surface area contributed by atoms with E-state index in [9.17, 15) is 14.4 Å². The van der Waals surface area contributed by atoms with Crippen molar-refractivity contribution in [3.63, 3.8) is 0 Å². The fourth-order valence-electron chi connectivity index (χ4n) is 5.87. The number of methoxy groups -OCH3 is 2. The van der Waals surface area contributed by atoms with Crippen molar-refractivity contribution in [1.29, 1.82) is 0 Å². The number of morpholine rings is 1. The van der Waals surface area contributed by atoms with Gasteiger partial charge in [-0.15, -0.1) is 0 Å². The minimum absolute atomic E-state index is 0.129. The summed E-state index contributed by atoms with van der Waals surface area (Å²) >= 11 is 1.22. The maximum atomic E-state index is 14.3. The Labute approximate surface area is 292 Å². The summed E-state index contributed by atoms with van der Waals surface area (Å²) in [7, 11) is 3.09. The summed E-state index contributed by atoms with van der Waals surface area (Å²) in [5.41, 5.74) is 2.34. The average molecular weight is 699 g/mol. The van der Waals surface area contributed by atoms with Crippen molar-refractivity contribution in [2.24, 2.45) is 4.99 Å². The number of carbonyl (C=O) groups is 2. The van der Waals surface area contributed by atoms with Crippen LogP contribution >= 0.6 is 11.3 Å². The van der Waals surface area contributed by atoms with Crippen LogP contribution in [-0.4, -0.2) is 75.0 Å². The van der Waals surface area contributed by atoms with E-state index in [1.54, 1.807) is 73.5 Å². The number of aromatic nitrogens is 1. The Hall–Kier alpha value is -5.40. The summed E-state index contributed by atoms with van der Waals surface area (Å²) in [6.45, 7) is 5.93. The molecule has 1 saturated heterocycles. The van der Waals surface area contributed by atoms with Gasteiger partial charge in [-0.2, -0.15) is 0 Å². The van der Waals surface area contributed by atoms with Crippen LogP contribution in [0.2, 0.25) is 0 Å². The summed E-state index contributed by atoms with van der Waals surface area (Å²) in [6.07, 6.45) is 1.75. The Morgan fingerprint density at radius 1 is 0.980 bits per heavy atom. The van der Waals surface area contributed by atoms with Gasteiger partial charge in [0.2, 0.25) is 0 Å². The minimum Gasteiger partial charge on any atom is -0.497 e. The van der Waals surface area contributed by atoms with Gasteiger partial charge in [0.15, 0.2) is 22.9 Å². The molecule has 4 aromatic rings. The zero-order valence-electron chi connectivity index (χ0n) is 28.3. The van der Waals surface area contributed by atoms with Gasteiger partial charge in [-0.3, -0.25) is 19.0 Å². The van der Waals surface area contributed by atoms with Crippen LogP contribution in [0.5, 0.6) is 23.0 Å². The summed E-state index contributed by atoms with van der Waals surface area (Å²) in [4.78, 5) is 47.8. The smallest absolute Gasteiger partial charge is 0.271 e. The Morgan fingerprint density at radius 2 is 1.76 bits per heavy atom. The molecule has 0 aliphatic carbocycles. The van der Waals surface area contributed by atoms with E-state index in [-0.39, 0.29) is 18.1 Å². The van der Waals surface area contributed by atoms with E-state index in [0.29, 0.717) is 93.3 Å². The molecule has 3 heterocycles. The molecule has 0 unspecified atom stereocenters. The van der Waals surface area contributed by atoms with Gasteiger partial charge in [-0.25, -0.2) is 4.99 Å². The number of thiazole rings is 1. The van der Waals surface area contributed by atoms with Gasteiger partial charge in [0.05, 0.1) is 49.8 Å². The van der Waals surface area contributed by atoms with Crippen LogP contribution in [0.1, 0.15) is 31.0 Å². The first-order chi connectivity index (χ1) is 24.3. The number of hydrogen-bond donors (Lipinski definition) is 1. The van der Waals surface area contributed by atoms with Crippen molar-refractivity contribution in [3.8, 4) is 23.0 Å². The van der Waals surface area contributed by atoms with Crippen LogP contribution in [0, 0.1) is 0 Å². The van der Waals surface area contributed by atoms with E-state index >= 15 is 0 Å². The third kappa shape index (κ3) is 7.28. The number of ether oxygens (including phenoxy) is 5. The Kier molecular flexibility index (Phi) is 10.6. The molecule has 12 nitrogen and oxygen atoms in total. The lowest BCUT2D eigenvalue weighted by Crippen LogP contribution is -2.43. The van der Waals surface area contributed by atoms with Gasteiger partial charge >= 0.3 is 0 Å². The molecule has 2 amide bonds. The number of allylic oxidation sites excluding steroid dienone is 1. The molecule has 1 fully saturated rings. The molecule has 1 N–H and O–H groups in total. The third-order valence-electron chi connectivity index (χ3n) is 8.31. The van der Waals surface area contributed by atoms with Crippen LogP contribution in [0.3, 0.4) is 0 Å². The van der Waals surface area contributed by atoms with Crippen LogP contribution in [0.4, 0.5) is 5.69 Å². The number of carbonyl (C=O) groups excluding carboxylic acids is 2. The van der Waals surface area contributed by atoms with Crippen molar-refractivity contribution < 1.29 is 33.3 Å². The van der Waals surface area contributed by atoms with E-state index < -0.39 is 11.9 Å². The molecular weight excluding hydrogens is 660 g/mol. The third-order valence-corrected chi connectivity index (χ3v) is 9.30. The Bertz CT molecular complexity index is 2100.